The molecule has 8 aliphatic heterocycles. The fourth-order valence-corrected chi connectivity index (χ4v) is 20.3. The molecule has 37 nitrogen and oxygen atoms in total. The molecule has 4 amide bonds. The third kappa shape index (κ3) is 25.3. The molecule has 0 unspecified atom stereocenters. The highest BCUT2D eigenvalue weighted by atomic mass is 16.5. The molecule has 12 aromatic heterocycles. The van der Waals surface area contributed by atoms with Gasteiger partial charge in [-0.15, -0.1) is 0 Å². The van der Waals surface area contributed by atoms with Gasteiger partial charge in [-0.2, -0.15) is 20.4 Å². The first-order valence-corrected chi connectivity index (χ1v) is 52.4. The van der Waals surface area contributed by atoms with Gasteiger partial charge < -0.3 is 60.3 Å². The Morgan fingerprint density at radius 2 is 0.533 bits per heavy atom. The Bertz CT molecular complexity index is 7090. The van der Waals surface area contributed by atoms with E-state index in [1.165, 1.54) is 44.1 Å². The molecule has 0 saturated carbocycles. The number of hydrogen-bond acceptors (Lipinski definition) is 29. The van der Waals surface area contributed by atoms with Crippen LogP contribution in [0.25, 0.3) is 88.1 Å². The second-order valence-corrected chi connectivity index (χ2v) is 40.5. The van der Waals surface area contributed by atoms with Crippen LogP contribution in [-0.4, -0.2) is 347 Å². The van der Waals surface area contributed by atoms with E-state index in [0.717, 1.165) is 331 Å². The van der Waals surface area contributed by atoms with Crippen LogP contribution >= 0.6 is 0 Å². The minimum Gasteiger partial charge on any atom is -0.378 e. The van der Waals surface area contributed by atoms with Crippen LogP contribution in [-0.2, 0) is 37.5 Å². The first-order chi connectivity index (χ1) is 73.5. The van der Waals surface area contributed by atoms with Gasteiger partial charge in [-0.1, -0.05) is 24.3 Å². The van der Waals surface area contributed by atoms with E-state index in [1.54, 1.807) is 24.8 Å². The van der Waals surface area contributed by atoms with E-state index >= 15 is 0 Å². The first-order valence-electron chi connectivity index (χ1n) is 52.4. The number of aromatic amines is 4. The minimum atomic E-state index is -0.276. The molecule has 0 atom stereocenters. The number of carbonyl (C=O) groups is 4. The third-order valence-electron chi connectivity index (χ3n) is 29.6. The van der Waals surface area contributed by atoms with Gasteiger partial charge in [0, 0.05) is 251 Å². The van der Waals surface area contributed by atoms with E-state index in [9.17, 15) is 19.2 Å². The highest BCUT2D eigenvalue weighted by molar-refractivity contribution is 6.15. The molecule has 8 fully saturated rings. The normalized spacial score (nSPS) is 17.1. The second-order valence-electron chi connectivity index (χ2n) is 40.5. The number of piperazine rings is 4. The number of nitrogens with one attached hydrogen (secondary N) is 8. The summed E-state index contributed by atoms with van der Waals surface area (Å²) in [6.07, 6.45) is 29.5. The Labute approximate surface area is 872 Å². The predicted molar refractivity (Wildman–Crippen MR) is 588 cm³/mol. The molecular formula is C113H130N32O5. The lowest BCUT2D eigenvalue weighted by atomic mass is 10.0. The largest absolute Gasteiger partial charge is 0.378 e. The average Bonchev–Trinajstić information content (AvgIpc) is 1.64. The lowest BCUT2D eigenvalue weighted by Crippen LogP contribution is -2.43. The van der Waals surface area contributed by atoms with Crippen molar-refractivity contribution >= 4 is 107 Å². The molecule has 4 aromatic carbocycles. The molecule has 0 bridgehead atoms. The van der Waals surface area contributed by atoms with Crippen LogP contribution in [0.3, 0.4) is 0 Å². The Kier molecular flexibility index (Phi) is 31.9. The highest BCUT2D eigenvalue weighted by Gasteiger charge is 2.28. The van der Waals surface area contributed by atoms with Gasteiger partial charge in [-0.25, -0.2) is 0 Å². The van der Waals surface area contributed by atoms with Crippen LogP contribution in [0.1, 0.15) is 109 Å². The summed E-state index contributed by atoms with van der Waals surface area (Å²) in [6.45, 7) is 30.9. The third-order valence-corrected chi connectivity index (χ3v) is 29.6. The van der Waals surface area contributed by atoms with Crippen molar-refractivity contribution in [2.45, 2.75) is 71.2 Å². The standard InChI is InChI=1S/C29H34N8O.C28H32N8O2.2C28H32N8O/c1-35-11-13-36(14-12-35)20-24-7-6-23(18-31-24)32-29(38)28-26-16-21(5-8-27(26)33-34-28)22-15-25(19-30-17-22)37-9-3-2-4-10-37;1-34-6-8-35(9-7-34)19-23-4-3-22(17-30-23)31-28(37)27-25-15-20(2-5-26(25)32-33-27)21-14-24(18-29-16-21)36-10-12-38-13-11-36;1-34-9-11-36(12-10-34)19-24-5-4-23(17-30-24)31-28(37)27-25-14-21(3-6-26(25)32-33-27)22-13-20(15-29-16-22)18-35-7-2-8-35;1-34-10-12-35(13-11-34)19-23-6-5-22(17-30-23)31-28(37)27-25-15-20(4-7-26(25)32-33-27)21-14-24(18-29-16-21)36-8-2-3-9-36/h5-8,15-19H,2-4,9-14,20H2,1H3,(H,32,38)(H,33,34);2-5,14-18H,6-13,19H2,1H3,(H,31,37)(H,32,33);3-6,13-17H,2,7-12,18-19H2,1H3,(H,31,37)(H,32,33);4-7,14-18H,2-3,8-13,19H2,1H3,(H,31,37)(H,32,33). The van der Waals surface area contributed by atoms with E-state index in [1.807, 2.05) is 171 Å². The highest BCUT2D eigenvalue weighted by Crippen LogP contribution is 2.36. The lowest BCUT2D eigenvalue weighted by Gasteiger charge is -2.32. The van der Waals surface area contributed by atoms with Crippen LogP contribution in [0.5, 0.6) is 0 Å². The molecular weight excluding hydrogens is 1890 g/mol. The van der Waals surface area contributed by atoms with Gasteiger partial charge in [-0.05, 0) is 229 Å². The molecule has 8 N–H and O–H groups in total. The number of likely N-dealkylation sites (N-methyl/N-ethyl adjacent to an activating group) is 4. The molecule has 150 heavy (non-hydrogen) atoms. The van der Waals surface area contributed by atoms with Gasteiger partial charge in [0.1, 0.15) is 0 Å². The maximum absolute atomic E-state index is 13.2. The number of carbonyl (C=O) groups excluding carboxylic acids is 4. The number of morpholine rings is 1. The number of benzene rings is 4. The van der Waals surface area contributed by atoms with Gasteiger partial charge in [0.15, 0.2) is 22.8 Å². The minimum absolute atomic E-state index is 0.262. The molecule has 0 radical (unpaired) electrons. The van der Waals surface area contributed by atoms with Gasteiger partial charge >= 0.3 is 0 Å². The summed E-state index contributed by atoms with van der Waals surface area (Å²) in [6, 6.07) is 48.2. The van der Waals surface area contributed by atoms with Crippen molar-refractivity contribution in [1.29, 1.82) is 0 Å². The number of likely N-dealkylation sites (tertiary alicyclic amines) is 1. The van der Waals surface area contributed by atoms with Gasteiger partial charge in [0.25, 0.3) is 23.6 Å². The van der Waals surface area contributed by atoms with E-state index < -0.39 is 0 Å². The van der Waals surface area contributed by atoms with Crippen molar-refractivity contribution in [2.24, 2.45) is 0 Å². The van der Waals surface area contributed by atoms with Gasteiger partial charge in [0.2, 0.25) is 0 Å². The molecule has 0 spiro atoms. The summed E-state index contributed by atoms with van der Waals surface area (Å²) in [5.41, 5.74) is 24.0. The molecule has 8 aliphatic rings. The zero-order chi connectivity index (χ0) is 102. The molecule has 20 heterocycles. The molecule has 37 heteroatoms. The van der Waals surface area contributed by atoms with Gasteiger partial charge in [0.05, 0.1) is 141 Å². The summed E-state index contributed by atoms with van der Waals surface area (Å²) in [5.74, 6) is -1.06. The molecule has 24 rings (SSSR count). The molecule has 772 valence electrons. The number of aromatic nitrogens is 16. The quantitative estimate of drug-likeness (QED) is 0.0263. The van der Waals surface area contributed by atoms with Crippen molar-refractivity contribution in [3.05, 3.63) is 271 Å². The average molecular weight is 2020 g/mol. The Morgan fingerprint density at radius 3 is 0.813 bits per heavy atom. The van der Waals surface area contributed by atoms with Crippen LogP contribution in [0.2, 0.25) is 0 Å². The van der Waals surface area contributed by atoms with Crippen molar-refractivity contribution in [3.63, 3.8) is 0 Å². The monoisotopic (exact) mass is 2020 g/mol. The van der Waals surface area contributed by atoms with E-state index in [2.05, 4.69) is 213 Å². The summed E-state index contributed by atoms with van der Waals surface area (Å²) in [4.78, 5) is 117. The number of rotatable bonds is 25. The fraction of sp³-hybridized carbons (Fsp3) is 0.363. The number of fused-ring (bicyclic) bond motifs is 4. The summed E-state index contributed by atoms with van der Waals surface area (Å²) >= 11 is 0. The maximum atomic E-state index is 13.2. The summed E-state index contributed by atoms with van der Waals surface area (Å²) in [7, 11) is 8.61. The summed E-state index contributed by atoms with van der Waals surface area (Å²) in [5, 5.41) is 44.1. The summed E-state index contributed by atoms with van der Waals surface area (Å²) < 4.78 is 5.48. The van der Waals surface area contributed by atoms with E-state index in [0.29, 0.717) is 45.5 Å². The fourth-order valence-electron chi connectivity index (χ4n) is 20.3. The van der Waals surface area contributed by atoms with Crippen LogP contribution in [0.15, 0.2) is 220 Å². The lowest BCUT2D eigenvalue weighted by molar-refractivity contribution is 0.101. The first kappa shape index (κ1) is 101. The number of amides is 4. The Morgan fingerprint density at radius 1 is 0.260 bits per heavy atom. The number of hydrogen-bond donors (Lipinski definition) is 8. The number of anilines is 7. The van der Waals surface area contributed by atoms with Crippen LogP contribution in [0.4, 0.5) is 39.8 Å². The molecule has 8 saturated heterocycles. The number of H-pyrrole nitrogens is 4. The maximum Gasteiger partial charge on any atom is 0.276 e. The second kappa shape index (κ2) is 47.6. The van der Waals surface area contributed by atoms with Crippen molar-refractivity contribution in [1.82, 2.24) is 125 Å². The predicted octanol–water partition coefficient (Wildman–Crippen LogP) is 13.7. The molecule has 16 aromatic rings. The van der Waals surface area contributed by atoms with E-state index in [4.69, 9.17) is 4.74 Å². The van der Waals surface area contributed by atoms with Crippen molar-refractivity contribution in [3.8, 4) is 44.5 Å². The Hall–Kier alpha value is -15.2. The zero-order valence-corrected chi connectivity index (χ0v) is 85.7. The van der Waals surface area contributed by atoms with Crippen molar-refractivity contribution < 1.29 is 23.9 Å². The smallest absolute Gasteiger partial charge is 0.276 e. The topological polar surface area (TPSA) is 382 Å². The molecule has 0 aliphatic carbocycles. The zero-order valence-electron chi connectivity index (χ0n) is 85.7. The SMILES string of the molecule is CN1CCN(Cc2ccc(NC(=O)c3n[nH]c4ccc(-c5cncc(CN6CCC6)c5)cc34)cn2)CC1.CN1CCN(Cc2ccc(NC(=O)c3n[nH]c4ccc(-c5cncc(N6CCCC6)c5)cc34)cn2)CC1.CN1CCN(Cc2ccc(NC(=O)c3n[nH]c4ccc(-c5cncc(N6CCCCC6)c5)cc34)cn2)CC1.CN1CCN(Cc2ccc(NC(=O)c3n[nH]c4ccc(-c5cncc(N6CCOCC6)c5)cc34)cn2)CC1. The number of nitrogens with zero attached hydrogens (tertiary/aromatic N) is 24. The van der Waals surface area contributed by atoms with Gasteiger partial charge in [-0.3, -0.25) is 104 Å². The van der Waals surface area contributed by atoms with E-state index in [-0.39, 0.29) is 23.6 Å². The van der Waals surface area contributed by atoms with Crippen LogP contribution in [0, 0.1) is 0 Å². The Balaban J connectivity index is 0.000000117. The van der Waals surface area contributed by atoms with Crippen molar-refractivity contribution in [2.75, 3.05) is 234 Å². The van der Waals surface area contributed by atoms with Crippen LogP contribution < -0.4 is 36.0 Å². The number of piperidine rings is 1. The number of ether oxygens (including phenoxy) is 1. The number of pyridine rings is 8.